The van der Waals surface area contributed by atoms with E-state index in [4.69, 9.17) is 4.74 Å². The zero-order chi connectivity index (χ0) is 19.5. The van der Waals surface area contributed by atoms with Gasteiger partial charge in [0.05, 0.1) is 5.54 Å². The Balaban J connectivity index is 2.57. The summed E-state index contributed by atoms with van der Waals surface area (Å²) in [7, 11) is 0. The predicted molar refractivity (Wildman–Crippen MR) is 85.0 cm³/mol. The lowest BCUT2D eigenvalue weighted by Gasteiger charge is -2.33. The van der Waals surface area contributed by atoms with Crippen LogP contribution in [0.1, 0.15) is 47.5 Å². The Morgan fingerprint density at radius 1 is 1.16 bits per heavy atom. The van der Waals surface area contributed by atoms with Crippen LogP contribution in [0.25, 0.3) is 0 Å². The first kappa shape index (κ1) is 21.5. The minimum Gasteiger partial charge on any atom is -0.444 e. The first-order valence-corrected chi connectivity index (χ1v) is 8.19. The number of halogens is 3. The summed E-state index contributed by atoms with van der Waals surface area (Å²) in [6.07, 6.45) is -4.63. The van der Waals surface area contributed by atoms with E-state index in [1.165, 1.54) is 6.92 Å². The lowest BCUT2D eigenvalue weighted by Crippen LogP contribution is -2.57. The van der Waals surface area contributed by atoms with E-state index in [2.05, 4.69) is 15.4 Å². The van der Waals surface area contributed by atoms with Crippen molar-refractivity contribution in [2.24, 2.45) is 5.92 Å². The number of rotatable bonds is 7. The van der Waals surface area contributed by atoms with Crippen LogP contribution in [0.2, 0.25) is 0 Å². The highest BCUT2D eigenvalue weighted by atomic mass is 19.4. The normalized spacial score (nSPS) is 18.9. The van der Waals surface area contributed by atoms with Gasteiger partial charge in [0.25, 0.3) is 0 Å². The summed E-state index contributed by atoms with van der Waals surface area (Å²) < 4.78 is 46.3. The van der Waals surface area contributed by atoms with Crippen molar-refractivity contribution < 1.29 is 32.2 Å². The standard InChI is InChI=1S/C16H27F3N2O4/c1-10(24-9-16(17,18)19)12(22)21-15(5,11-6-7-11)8-20-13(23)25-14(2,3)4/h10-11H,6-9H2,1-5H3,(H,20,23)(H,21,22). The smallest absolute Gasteiger partial charge is 0.411 e. The van der Waals surface area contributed by atoms with Crippen molar-refractivity contribution in [1.29, 1.82) is 0 Å². The van der Waals surface area contributed by atoms with Crippen LogP contribution in [0.4, 0.5) is 18.0 Å². The Kier molecular flexibility index (Phi) is 6.72. The number of amides is 2. The Morgan fingerprint density at radius 3 is 2.16 bits per heavy atom. The van der Waals surface area contributed by atoms with Crippen LogP contribution in [0.15, 0.2) is 0 Å². The Hall–Kier alpha value is -1.51. The molecule has 1 aliphatic carbocycles. The zero-order valence-electron chi connectivity index (χ0n) is 15.3. The van der Waals surface area contributed by atoms with Gasteiger partial charge in [-0.1, -0.05) is 0 Å². The highest BCUT2D eigenvalue weighted by molar-refractivity contribution is 5.81. The molecule has 1 fully saturated rings. The molecule has 9 heteroatoms. The van der Waals surface area contributed by atoms with Crippen molar-refractivity contribution in [2.45, 2.75) is 70.9 Å². The maximum absolute atomic E-state index is 12.2. The van der Waals surface area contributed by atoms with Gasteiger partial charge >= 0.3 is 12.3 Å². The van der Waals surface area contributed by atoms with E-state index >= 15 is 0 Å². The van der Waals surface area contributed by atoms with E-state index in [1.54, 1.807) is 27.7 Å². The quantitative estimate of drug-likeness (QED) is 0.724. The monoisotopic (exact) mass is 368 g/mol. The minimum absolute atomic E-state index is 0.115. The molecule has 1 aliphatic rings. The molecule has 6 nitrogen and oxygen atoms in total. The number of alkyl carbamates (subject to hydrolysis) is 1. The molecule has 0 aromatic rings. The fourth-order valence-electron chi connectivity index (χ4n) is 2.26. The van der Waals surface area contributed by atoms with Gasteiger partial charge in [-0.25, -0.2) is 4.79 Å². The first-order valence-electron chi connectivity index (χ1n) is 8.19. The van der Waals surface area contributed by atoms with Gasteiger partial charge in [0.2, 0.25) is 5.91 Å². The maximum Gasteiger partial charge on any atom is 0.411 e. The van der Waals surface area contributed by atoms with Crippen molar-refractivity contribution in [3.8, 4) is 0 Å². The van der Waals surface area contributed by atoms with Gasteiger partial charge in [-0.15, -0.1) is 0 Å². The highest BCUT2D eigenvalue weighted by Gasteiger charge is 2.44. The summed E-state index contributed by atoms with van der Waals surface area (Å²) >= 11 is 0. The molecule has 0 aromatic heterocycles. The number of nitrogens with one attached hydrogen (secondary N) is 2. The second kappa shape index (κ2) is 7.80. The number of ether oxygens (including phenoxy) is 2. The lowest BCUT2D eigenvalue weighted by atomic mass is 9.95. The second-order valence-corrected chi connectivity index (χ2v) is 7.60. The van der Waals surface area contributed by atoms with Gasteiger partial charge in [-0.3, -0.25) is 4.79 Å². The second-order valence-electron chi connectivity index (χ2n) is 7.60. The molecule has 2 atom stereocenters. The molecular weight excluding hydrogens is 341 g/mol. The summed E-state index contributed by atoms with van der Waals surface area (Å²) in [4.78, 5) is 23.9. The molecule has 0 aromatic carbocycles. The van der Waals surface area contributed by atoms with Crippen molar-refractivity contribution in [2.75, 3.05) is 13.2 Å². The van der Waals surface area contributed by atoms with Gasteiger partial charge < -0.3 is 20.1 Å². The molecule has 2 unspecified atom stereocenters. The van der Waals surface area contributed by atoms with Crippen LogP contribution in [-0.2, 0) is 14.3 Å². The van der Waals surface area contributed by atoms with Crippen LogP contribution in [-0.4, -0.2) is 48.6 Å². The molecule has 25 heavy (non-hydrogen) atoms. The van der Waals surface area contributed by atoms with Gasteiger partial charge in [0.1, 0.15) is 18.3 Å². The summed E-state index contributed by atoms with van der Waals surface area (Å²) in [5, 5.41) is 5.31. The van der Waals surface area contributed by atoms with E-state index in [0.29, 0.717) is 0 Å². The summed E-state index contributed by atoms with van der Waals surface area (Å²) in [5.41, 5.74) is -1.42. The molecule has 1 rings (SSSR count). The fourth-order valence-corrected chi connectivity index (χ4v) is 2.26. The number of hydrogen-bond acceptors (Lipinski definition) is 4. The predicted octanol–water partition coefficient (Wildman–Crippen LogP) is 2.76. The lowest BCUT2D eigenvalue weighted by molar-refractivity contribution is -0.186. The maximum atomic E-state index is 12.2. The highest BCUT2D eigenvalue weighted by Crippen LogP contribution is 2.39. The molecule has 0 heterocycles. The Bertz CT molecular complexity index is 487. The molecule has 146 valence electrons. The van der Waals surface area contributed by atoms with Crippen molar-refractivity contribution in [1.82, 2.24) is 10.6 Å². The topological polar surface area (TPSA) is 76.7 Å². The molecule has 0 saturated heterocycles. The third kappa shape index (κ3) is 8.42. The SMILES string of the molecule is CC(OCC(F)(F)F)C(=O)NC(C)(CNC(=O)OC(C)(C)C)C1CC1. The van der Waals surface area contributed by atoms with Crippen LogP contribution in [0, 0.1) is 5.92 Å². The van der Waals surface area contributed by atoms with Gasteiger partial charge in [-0.05, 0) is 53.4 Å². The van der Waals surface area contributed by atoms with Crippen LogP contribution in [0.5, 0.6) is 0 Å². The average molecular weight is 368 g/mol. The summed E-state index contributed by atoms with van der Waals surface area (Å²) in [6.45, 7) is 6.82. The van der Waals surface area contributed by atoms with Crippen LogP contribution in [0.3, 0.4) is 0 Å². The van der Waals surface area contributed by atoms with E-state index in [0.717, 1.165) is 12.8 Å². The summed E-state index contributed by atoms with van der Waals surface area (Å²) in [5.74, 6) is -0.508. The first-order chi connectivity index (χ1) is 11.2. The Morgan fingerprint density at radius 2 is 1.72 bits per heavy atom. The third-order valence-electron chi connectivity index (χ3n) is 3.75. The molecule has 2 amide bonds. The van der Waals surface area contributed by atoms with E-state index in [1.807, 2.05) is 0 Å². The molecule has 0 aliphatic heterocycles. The fraction of sp³-hybridized carbons (Fsp3) is 0.875. The number of carbonyl (C=O) groups excluding carboxylic acids is 2. The minimum atomic E-state index is -4.49. The van der Waals surface area contributed by atoms with Gasteiger partial charge in [0.15, 0.2) is 0 Å². The average Bonchev–Trinajstić information content (AvgIpc) is 3.24. The van der Waals surface area contributed by atoms with E-state index in [-0.39, 0.29) is 12.5 Å². The molecule has 0 bridgehead atoms. The van der Waals surface area contributed by atoms with Gasteiger partial charge in [-0.2, -0.15) is 13.2 Å². The van der Waals surface area contributed by atoms with Crippen molar-refractivity contribution >= 4 is 12.0 Å². The number of carbonyl (C=O) groups is 2. The van der Waals surface area contributed by atoms with Crippen LogP contribution < -0.4 is 10.6 Å². The number of hydrogen-bond donors (Lipinski definition) is 2. The number of alkyl halides is 3. The van der Waals surface area contributed by atoms with Crippen LogP contribution >= 0.6 is 0 Å². The van der Waals surface area contributed by atoms with Crippen molar-refractivity contribution in [3.05, 3.63) is 0 Å². The summed E-state index contributed by atoms with van der Waals surface area (Å²) in [6, 6.07) is 0. The van der Waals surface area contributed by atoms with Gasteiger partial charge in [0, 0.05) is 6.54 Å². The zero-order valence-corrected chi connectivity index (χ0v) is 15.3. The molecule has 1 saturated carbocycles. The molecule has 2 N–H and O–H groups in total. The van der Waals surface area contributed by atoms with E-state index < -0.39 is 42.0 Å². The molecular formula is C16H27F3N2O4. The van der Waals surface area contributed by atoms with E-state index in [9.17, 15) is 22.8 Å². The van der Waals surface area contributed by atoms with Crippen molar-refractivity contribution in [3.63, 3.8) is 0 Å². The third-order valence-corrected chi connectivity index (χ3v) is 3.75. The largest absolute Gasteiger partial charge is 0.444 e. The molecule has 0 spiro atoms. The molecule has 0 radical (unpaired) electrons. The Labute approximate surface area is 145 Å².